The van der Waals surface area contributed by atoms with Crippen molar-refractivity contribution in [3.63, 3.8) is 0 Å². The molecule has 0 saturated carbocycles. The molecule has 0 atom stereocenters. The molecule has 0 aromatic heterocycles. The molecule has 0 bridgehead atoms. The van der Waals surface area contributed by atoms with Gasteiger partial charge in [-0.3, -0.25) is 0 Å². The topological polar surface area (TPSA) is 40.5 Å². The van der Waals surface area contributed by atoms with E-state index < -0.39 is 0 Å². The highest BCUT2D eigenvalue weighted by Gasteiger charge is 2.03. The summed E-state index contributed by atoms with van der Waals surface area (Å²) in [6, 6.07) is 3.58. The van der Waals surface area contributed by atoms with Gasteiger partial charge in [-0.1, -0.05) is 15.9 Å². The zero-order valence-corrected chi connectivity index (χ0v) is 8.43. The first-order valence-electron chi connectivity index (χ1n) is 3.74. The third-order valence-corrected chi connectivity index (χ3v) is 2.60. The summed E-state index contributed by atoms with van der Waals surface area (Å²) in [5.74, 6) is 0.271. The van der Waals surface area contributed by atoms with Crippen molar-refractivity contribution in [3.05, 3.63) is 27.7 Å². The SMILES string of the molecule is Cc1c(O)cc(CCO)cc1Br. The lowest BCUT2D eigenvalue weighted by Gasteiger charge is -2.05. The standard InChI is InChI=1S/C9H11BrO2/c1-6-8(10)4-7(2-3-11)5-9(6)12/h4-5,11-12H,2-3H2,1H3. The van der Waals surface area contributed by atoms with Crippen LogP contribution in [0.3, 0.4) is 0 Å². The van der Waals surface area contributed by atoms with Gasteiger partial charge >= 0.3 is 0 Å². The van der Waals surface area contributed by atoms with E-state index in [1.165, 1.54) is 0 Å². The fourth-order valence-electron chi connectivity index (χ4n) is 0.992. The van der Waals surface area contributed by atoms with Gasteiger partial charge in [-0.2, -0.15) is 0 Å². The highest BCUT2D eigenvalue weighted by molar-refractivity contribution is 9.10. The highest BCUT2D eigenvalue weighted by atomic mass is 79.9. The van der Waals surface area contributed by atoms with Crippen molar-refractivity contribution in [2.45, 2.75) is 13.3 Å². The molecule has 12 heavy (non-hydrogen) atoms. The summed E-state index contributed by atoms with van der Waals surface area (Å²) in [6.45, 7) is 1.94. The lowest BCUT2D eigenvalue weighted by Crippen LogP contribution is -1.91. The Hall–Kier alpha value is -0.540. The summed E-state index contributed by atoms with van der Waals surface area (Å²) in [4.78, 5) is 0. The normalized spacial score (nSPS) is 10.2. The van der Waals surface area contributed by atoms with Gasteiger partial charge in [0, 0.05) is 16.6 Å². The third-order valence-electron chi connectivity index (χ3n) is 1.78. The van der Waals surface area contributed by atoms with Crippen molar-refractivity contribution < 1.29 is 10.2 Å². The van der Waals surface area contributed by atoms with Gasteiger partial charge in [0.2, 0.25) is 0 Å². The Balaban J connectivity index is 3.04. The summed E-state index contributed by atoms with van der Waals surface area (Å²) >= 11 is 3.33. The lowest BCUT2D eigenvalue weighted by molar-refractivity contribution is 0.299. The van der Waals surface area contributed by atoms with E-state index in [0.29, 0.717) is 6.42 Å². The summed E-state index contributed by atoms with van der Waals surface area (Å²) in [5.41, 5.74) is 1.77. The highest BCUT2D eigenvalue weighted by Crippen LogP contribution is 2.26. The minimum absolute atomic E-state index is 0.106. The van der Waals surface area contributed by atoms with Gasteiger partial charge in [-0.25, -0.2) is 0 Å². The molecule has 66 valence electrons. The minimum Gasteiger partial charge on any atom is -0.508 e. The molecular formula is C9H11BrO2. The lowest BCUT2D eigenvalue weighted by atomic mass is 10.1. The minimum atomic E-state index is 0.106. The average Bonchev–Trinajstić information content (AvgIpc) is 2.01. The maximum Gasteiger partial charge on any atom is 0.119 e. The summed E-state index contributed by atoms with van der Waals surface area (Å²) in [5, 5.41) is 18.1. The molecule has 1 aromatic carbocycles. The van der Waals surface area contributed by atoms with Crippen LogP contribution in [0.5, 0.6) is 5.75 Å². The van der Waals surface area contributed by atoms with Crippen LogP contribution in [0.15, 0.2) is 16.6 Å². The van der Waals surface area contributed by atoms with E-state index in [4.69, 9.17) is 5.11 Å². The number of halogens is 1. The molecule has 0 aliphatic heterocycles. The van der Waals surface area contributed by atoms with Crippen molar-refractivity contribution in [1.82, 2.24) is 0 Å². The van der Waals surface area contributed by atoms with E-state index >= 15 is 0 Å². The number of aliphatic hydroxyl groups excluding tert-OH is 1. The third kappa shape index (κ3) is 1.99. The Morgan fingerprint density at radius 3 is 2.58 bits per heavy atom. The Bertz CT molecular complexity index is 261. The van der Waals surface area contributed by atoms with E-state index in [1.54, 1.807) is 6.07 Å². The molecule has 0 heterocycles. The van der Waals surface area contributed by atoms with Gasteiger partial charge < -0.3 is 10.2 Å². The quantitative estimate of drug-likeness (QED) is 0.817. The molecule has 0 unspecified atom stereocenters. The molecule has 2 N–H and O–H groups in total. The molecule has 0 aliphatic carbocycles. The number of phenols is 1. The van der Waals surface area contributed by atoms with Crippen molar-refractivity contribution in [2.24, 2.45) is 0 Å². The number of rotatable bonds is 2. The van der Waals surface area contributed by atoms with Crippen LogP contribution in [0, 0.1) is 6.92 Å². The van der Waals surface area contributed by atoms with Crippen LogP contribution in [0.2, 0.25) is 0 Å². The van der Waals surface area contributed by atoms with Crippen LogP contribution in [0.25, 0.3) is 0 Å². The molecule has 0 spiro atoms. The first-order chi connectivity index (χ1) is 5.65. The first kappa shape index (κ1) is 9.55. The van der Waals surface area contributed by atoms with Gasteiger partial charge in [0.15, 0.2) is 0 Å². The van der Waals surface area contributed by atoms with E-state index in [1.807, 2.05) is 13.0 Å². The van der Waals surface area contributed by atoms with E-state index in [2.05, 4.69) is 15.9 Å². The van der Waals surface area contributed by atoms with E-state index in [0.717, 1.165) is 15.6 Å². The molecule has 1 aromatic rings. The van der Waals surface area contributed by atoms with E-state index in [-0.39, 0.29) is 12.4 Å². The Morgan fingerprint density at radius 1 is 1.42 bits per heavy atom. The van der Waals surface area contributed by atoms with Crippen LogP contribution in [-0.2, 0) is 6.42 Å². The van der Waals surface area contributed by atoms with E-state index in [9.17, 15) is 5.11 Å². The number of aliphatic hydroxyl groups is 1. The number of benzene rings is 1. The second-order valence-electron chi connectivity index (χ2n) is 2.70. The molecule has 3 heteroatoms. The molecule has 1 rings (SSSR count). The smallest absolute Gasteiger partial charge is 0.119 e. The average molecular weight is 231 g/mol. The maximum absolute atomic E-state index is 9.40. The molecule has 2 nitrogen and oxygen atoms in total. The van der Waals surface area contributed by atoms with Gasteiger partial charge in [0.05, 0.1) is 0 Å². The van der Waals surface area contributed by atoms with Crippen LogP contribution >= 0.6 is 15.9 Å². The largest absolute Gasteiger partial charge is 0.508 e. The number of phenolic OH excluding ortho intramolecular Hbond substituents is 1. The zero-order valence-electron chi connectivity index (χ0n) is 6.84. The number of aromatic hydroxyl groups is 1. The molecular weight excluding hydrogens is 220 g/mol. The Labute approximate surface area is 80.0 Å². The molecule has 0 aliphatic rings. The van der Waals surface area contributed by atoms with Crippen LogP contribution < -0.4 is 0 Å². The Kier molecular flexibility index (Phi) is 3.12. The predicted octanol–water partition coefficient (Wildman–Crippen LogP) is 2.00. The molecule has 0 saturated heterocycles. The van der Waals surface area contributed by atoms with Gasteiger partial charge in [0.1, 0.15) is 5.75 Å². The molecule has 0 amide bonds. The summed E-state index contributed by atoms with van der Waals surface area (Å²) in [6.07, 6.45) is 0.576. The number of hydrogen-bond acceptors (Lipinski definition) is 2. The summed E-state index contributed by atoms with van der Waals surface area (Å²) < 4.78 is 0.881. The summed E-state index contributed by atoms with van der Waals surface area (Å²) in [7, 11) is 0. The van der Waals surface area contributed by atoms with Crippen LogP contribution in [0.1, 0.15) is 11.1 Å². The second kappa shape index (κ2) is 3.92. The van der Waals surface area contributed by atoms with Crippen molar-refractivity contribution in [3.8, 4) is 5.75 Å². The molecule has 0 fully saturated rings. The fraction of sp³-hybridized carbons (Fsp3) is 0.333. The second-order valence-corrected chi connectivity index (χ2v) is 3.55. The van der Waals surface area contributed by atoms with Crippen molar-refractivity contribution >= 4 is 15.9 Å². The first-order valence-corrected chi connectivity index (χ1v) is 4.53. The van der Waals surface area contributed by atoms with Crippen LogP contribution in [-0.4, -0.2) is 16.8 Å². The van der Waals surface area contributed by atoms with Gasteiger partial charge in [-0.15, -0.1) is 0 Å². The predicted molar refractivity (Wildman–Crippen MR) is 51.3 cm³/mol. The van der Waals surface area contributed by atoms with Gasteiger partial charge in [-0.05, 0) is 31.0 Å². The fourth-order valence-corrected chi connectivity index (χ4v) is 1.49. The zero-order chi connectivity index (χ0) is 9.14. The van der Waals surface area contributed by atoms with Crippen molar-refractivity contribution in [1.29, 1.82) is 0 Å². The monoisotopic (exact) mass is 230 g/mol. The maximum atomic E-state index is 9.40. The van der Waals surface area contributed by atoms with Gasteiger partial charge in [0.25, 0.3) is 0 Å². The van der Waals surface area contributed by atoms with Crippen LogP contribution in [0.4, 0.5) is 0 Å². The van der Waals surface area contributed by atoms with Crippen molar-refractivity contribution in [2.75, 3.05) is 6.61 Å². The number of hydrogen-bond donors (Lipinski definition) is 2. The Morgan fingerprint density at radius 2 is 2.08 bits per heavy atom. The molecule has 0 radical (unpaired) electrons.